The monoisotopic (exact) mass is 199 g/mol. The van der Waals surface area contributed by atoms with E-state index in [4.69, 9.17) is 9.47 Å². The van der Waals surface area contributed by atoms with Gasteiger partial charge in [-0.2, -0.15) is 0 Å². The number of hydrogen-bond acceptors (Lipinski definition) is 3. The van der Waals surface area contributed by atoms with Gasteiger partial charge in [-0.25, -0.2) is 0 Å². The Morgan fingerprint density at radius 2 is 2.21 bits per heavy atom. The third-order valence-electron chi connectivity index (χ3n) is 3.39. The van der Waals surface area contributed by atoms with E-state index in [1.807, 2.05) is 7.05 Å². The van der Waals surface area contributed by atoms with Gasteiger partial charge in [-0.1, -0.05) is 0 Å². The Balaban J connectivity index is 1.87. The zero-order valence-corrected chi connectivity index (χ0v) is 9.00. The van der Waals surface area contributed by atoms with Gasteiger partial charge in [0.25, 0.3) is 0 Å². The molecule has 2 rings (SSSR count). The van der Waals surface area contributed by atoms with E-state index in [2.05, 4.69) is 5.32 Å². The highest BCUT2D eigenvalue weighted by atomic mass is 16.5. The first-order valence-electron chi connectivity index (χ1n) is 5.75. The van der Waals surface area contributed by atoms with E-state index in [1.165, 1.54) is 19.3 Å². The molecule has 2 saturated heterocycles. The molecular weight excluding hydrogens is 178 g/mol. The molecule has 3 atom stereocenters. The highest BCUT2D eigenvalue weighted by molar-refractivity contribution is 4.84. The lowest BCUT2D eigenvalue weighted by Crippen LogP contribution is -2.36. The molecule has 1 N–H and O–H groups in total. The van der Waals surface area contributed by atoms with Crippen molar-refractivity contribution in [1.29, 1.82) is 0 Å². The predicted molar refractivity (Wildman–Crippen MR) is 55.3 cm³/mol. The Morgan fingerprint density at radius 1 is 1.29 bits per heavy atom. The molecule has 0 amide bonds. The van der Waals surface area contributed by atoms with Crippen LogP contribution in [-0.2, 0) is 9.47 Å². The van der Waals surface area contributed by atoms with Crippen LogP contribution < -0.4 is 5.32 Å². The summed E-state index contributed by atoms with van der Waals surface area (Å²) in [4.78, 5) is 0. The second-order valence-electron chi connectivity index (χ2n) is 4.42. The lowest BCUT2D eigenvalue weighted by molar-refractivity contribution is -0.0334. The molecule has 0 saturated carbocycles. The number of rotatable bonds is 3. The third kappa shape index (κ3) is 2.27. The summed E-state index contributed by atoms with van der Waals surface area (Å²) in [5.74, 6) is 1.34. The number of hydrogen-bond donors (Lipinski definition) is 1. The fourth-order valence-electron chi connectivity index (χ4n) is 2.68. The molecule has 3 nitrogen and oxygen atoms in total. The van der Waals surface area contributed by atoms with Gasteiger partial charge in [-0.15, -0.1) is 0 Å². The van der Waals surface area contributed by atoms with Gasteiger partial charge in [0, 0.05) is 31.6 Å². The van der Waals surface area contributed by atoms with Crippen molar-refractivity contribution in [2.24, 2.45) is 11.8 Å². The minimum absolute atomic E-state index is 0.447. The second-order valence-corrected chi connectivity index (χ2v) is 4.42. The van der Waals surface area contributed by atoms with Crippen LogP contribution in [0.15, 0.2) is 0 Å². The van der Waals surface area contributed by atoms with Crippen LogP contribution in [-0.4, -0.2) is 39.5 Å². The molecule has 2 aliphatic rings. The Morgan fingerprint density at radius 3 is 2.93 bits per heavy atom. The molecular formula is C11H21NO2. The molecule has 2 heterocycles. The first-order chi connectivity index (χ1) is 6.92. The maximum atomic E-state index is 5.84. The maximum absolute atomic E-state index is 5.84. The zero-order valence-electron chi connectivity index (χ0n) is 9.00. The molecule has 2 fully saturated rings. The Bertz CT molecular complexity index is 169. The first kappa shape index (κ1) is 10.4. The van der Waals surface area contributed by atoms with Crippen LogP contribution in [0.2, 0.25) is 0 Å². The van der Waals surface area contributed by atoms with Gasteiger partial charge in [0.05, 0.1) is 12.7 Å². The number of ether oxygens (including phenoxy) is 2. The van der Waals surface area contributed by atoms with E-state index in [0.717, 1.165) is 26.4 Å². The molecule has 2 aliphatic heterocycles. The Hall–Kier alpha value is -0.120. The van der Waals surface area contributed by atoms with Crippen LogP contribution in [0.5, 0.6) is 0 Å². The number of nitrogens with one attached hydrogen (secondary N) is 1. The summed E-state index contributed by atoms with van der Waals surface area (Å²) in [5.41, 5.74) is 0. The fourth-order valence-corrected chi connectivity index (χ4v) is 2.68. The predicted octanol–water partition coefficient (Wildman–Crippen LogP) is 1.04. The Kier molecular flexibility index (Phi) is 3.79. The summed E-state index contributed by atoms with van der Waals surface area (Å²) in [7, 11) is 2.02. The quantitative estimate of drug-likeness (QED) is 0.736. The molecule has 0 bridgehead atoms. The SMILES string of the molecule is CNCC1CCOC1C1CCCOC1. The van der Waals surface area contributed by atoms with Gasteiger partial charge < -0.3 is 14.8 Å². The average Bonchev–Trinajstić information content (AvgIpc) is 2.68. The molecule has 0 aliphatic carbocycles. The van der Waals surface area contributed by atoms with Crippen LogP contribution in [0.3, 0.4) is 0 Å². The fraction of sp³-hybridized carbons (Fsp3) is 1.00. The molecule has 82 valence electrons. The van der Waals surface area contributed by atoms with Crippen molar-refractivity contribution in [3.63, 3.8) is 0 Å². The van der Waals surface area contributed by atoms with Crippen molar-refractivity contribution in [2.45, 2.75) is 25.4 Å². The van der Waals surface area contributed by atoms with Crippen molar-refractivity contribution in [2.75, 3.05) is 33.4 Å². The molecule has 0 spiro atoms. The highest BCUT2D eigenvalue weighted by Crippen LogP contribution is 2.31. The smallest absolute Gasteiger partial charge is 0.0666 e. The van der Waals surface area contributed by atoms with Crippen molar-refractivity contribution in [1.82, 2.24) is 5.32 Å². The molecule has 14 heavy (non-hydrogen) atoms. The van der Waals surface area contributed by atoms with Gasteiger partial charge in [0.1, 0.15) is 0 Å². The largest absolute Gasteiger partial charge is 0.381 e. The second kappa shape index (κ2) is 5.10. The highest BCUT2D eigenvalue weighted by Gasteiger charge is 2.35. The molecule has 3 unspecified atom stereocenters. The van der Waals surface area contributed by atoms with Crippen molar-refractivity contribution < 1.29 is 9.47 Å². The first-order valence-corrected chi connectivity index (χ1v) is 5.75. The summed E-state index contributed by atoms with van der Waals surface area (Å²) in [6.07, 6.45) is 4.15. The van der Waals surface area contributed by atoms with E-state index in [0.29, 0.717) is 17.9 Å². The van der Waals surface area contributed by atoms with Crippen LogP contribution in [0.1, 0.15) is 19.3 Å². The molecule has 3 heteroatoms. The summed E-state index contributed by atoms with van der Waals surface area (Å²) in [6, 6.07) is 0. The summed E-state index contributed by atoms with van der Waals surface area (Å²) in [6.45, 7) is 3.87. The molecule has 0 radical (unpaired) electrons. The van der Waals surface area contributed by atoms with Gasteiger partial charge in [-0.05, 0) is 26.3 Å². The molecule has 0 aromatic heterocycles. The van der Waals surface area contributed by atoms with Crippen LogP contribution in [0.4, 0.5) is 0 Å². The lowest BCUT2D eigenvalue weighted by atomic mass is 9.87. The maximum Gasteiger partial charge on any atom is 0.0666 e. The average molecular weight is 199 g/mol. The van der Waals surface area contributed by atoms with E-state index >= 15 is 0 Å². The van der Waals surface area contributed by atoms with Gasteiger partial charge in [-0.3, -0.25) is 0 Å². The molecule has 0 aromatic carbocycles. The van der Waals surface area contributed by atoms with Crippen LogP contribution >= 0.6 is 0 Å². The third-order valence-corrected chi connectivity index (χ3v) is 3.39. The van der Waals surface area contributed by atoms with Crippen LogP contribution in [0, 0.1) is 11.8 Å². The minimum Gasteiger partial charge on any atom is -0.381 e. The Labute approximate surface area is 86.2 Å². The summed E-state index contributed by atoms with van der Waals surface area (Å²) < 4.78 is 11.4. The van der Waals surface area contributed by atoms with E-state index in [9.17, 15) is 0 Å². The summed E-state index contributed by atoms with van der Waals surface area (Å²) in [5, 5.41) is 3.26. The zero-order chi connectivity index (χ0) is 9.80. The van der Waals surface area contributed by atoms with E-state index in [1.54, 1.807) is 0 Å². The molecule has 0 aromatic rings. The van der Waals surface area contributed by atoms with Crippen molar-refractivity contribution >= 4 is 0 Å². The van der Waals surface area contributed by atoms with E-state index in [-0.39, 0.29) is 0 Å². The minimum atomic E-state index is 0.447. The van der Waals surface area contributed by atoms with Crippen LogP contribution in [0.25, 0.3) is 0 Å². The topological polar surface area (TPSA) is 30.5 Å². The standard InChI is InChI=1S/C11H21NO2/c1-12-7-9-4-6-14-11(9)10-3-2-5-13-8-10/h9-12H,2-8H2,1H3. The normalized spacial score (nSPS) is 38.8. The van der Waals surface area contributed by atoms with Gasteiger partial charge >= 0.3 is 0 Å². The lowest BCUT2D eigenvalue weighted by Gasteiger charge is -2.30. The van der Waals surface area contributed by atoms with Crippen molar-refractivity contribution in [3.05, 3.63) is 0 Å². The van der Waals surface area contributed by atoms with Crippen molar-refractivity contribution in [3.8, 4) is 0 Å². The van der Waals surface area contributed by atoms with Gasteiger partial charge in [0.15, 0.2) is 0 Å². The van der Waals surface area contributed by atoms with E-state index < -0.39 is 0 Å². The summed E-state index contributed by atoms with van der Waals surface area (Å²) >= 11 is 0. The van der Waals surface area contributed by atoms with Gasteiger partial charge in [0.2, 0.25) is 0 Å².